The first-order valence-corrected chi connectivity index (χ1v) is 7.56. The maximum absolute atomic E-state index is 13.3. The molecule has 1 aliphatic heterocycles. The van der Waals surface area contributed by atoms with Crippen LogP contribution in [0.15, 0.2) is 24.8 Å². The molecule has 0 atom stereocenters. The van der Waals surface area contributed by atoms with Crippen LogP contribution in [-0.2, 0) is 4.79 Å². The fraction of sp³-hybridized carbons (Fsp3) is 0.375. The molecule has 0 N–H and O–H groups in total. The Morgan fingerprint density at radius 3 is 2.43 bits per heavy atom. The van der Waals surface area contributed by atoms with Crippen LogP contribution in [-0.4, -0.2) is 47.8 Å². The summed E-state index contributed by atoms with van der Waals surface area (Å²) in [4.78, 5) is 27.1. The molecule has 1 heterocycles. The predicted molar refractivity (Wildman–Crippen MR) is 83.3 cm³/mol. The normalized spacial score (nSPS) is 15.4. The van der Waals surface area contributed by atoms with Gasteiger partial charge >= 0.3 is 0 Å². The second-order valence-electron chi connectivity index (χ2n) is 5.42. The van der Waals surface area contributed by atoms with Crippen LogP contribution in [0.2, 0.25) is 5.02 Å². The molecule has 23 heavy (non-hydrogen) atoms. The fourth-order valence-electron chi connectivity index (χ4n) is 2.64. The van der Waals surface area contributed by atoms with Crippen molar-refractivity contribution < 1.29 is 18.4 Å². The van der Waals surface area contributed by atoms with Crippen molar-refractivity contribution in [1.82, 2.24) is 9.80 Å². The van der Waals surface area contributed by atoms with Crippen molar-refractivity contribution >= 4 is 23.4 Å². The molecule has 0 aliphatic carbocycles. The summed E-state index contributed by atoms with van der Waals surface area (Å²) in [6, 6.07) is 1.51. The SMILES string of the molecule is C=CC(=O)N1CCC(N(C)C(=O)c2cc(F)c(F)cc2Cl)CC1. The molecule has 1 fully saturated rings. The molecule has 1 aliphatic rings. The van der Waals surface area contributed by atoms with Crippen molar-refractivity contribution in [3.05, 3.63) is 47.0 Å². The first-order valence-electron chi connectivity index (χ1n) is 7.18. The molecule has 0 spiro atoms. The van der Waals surface area contributed by atoms with Gasteiger partial charge < -0.3 is 9.80 Å². The van der Waals surface area contributed by atoms with Gasteiger partial charge in [-0.3, -0.25) is 9.59 Å². The van der Waals surface area contributed by atoms with E-state index in [-0.39, 0.29) is 22.5 Å². The highest BCUT2D eigenvalue weighted by Gasteiger charge is 2.28. The lowest BCUT2D eigenvalue weighted by molar-refractivity contribution is -0.127. The number of halogens is 3. The van der Waals surface area contributed by atoms with Gasteiger partial charge in [0.25, 0.3) is 5.91 Å². The highest BCUT2D eigenvalue weighted by Crippen LogP contribution is 2.24. The highest BCUT2D eigenvalue weighted by molar-refractivity contribution is 6.33. The molecule has 4 nitrogen and oxygen atoms in total. The number of carbonyl (C=O) groups is 2. The largest absolute Gasteiger partial charge is 0.339 e. The van der Waals surface area contributed by atoms with Crippen molar-refractivity contribution in [2.45, 2.75) is 18.9 Å². The minimum absolute atomic E-state index is 0.0716. The van der Waals surface area contributed by atoms with Gasteiger partial charge in [0.05, 0.1) is 10.6 Å². The van der Waals surface area contributed by atoms with Crippen LogP contribution >= 0.6 is 11.6 Å². The van der Waals surface area contributed by atoms with Gasteiger partial charge in [-0.2, -0.15) is 0 Å². The number of rotatable bonds is 3. The fourth-order valence-corrected chi connectivity index (χ4v) is 2.88. The van der Waals surface area contributed by atoms with Gasteiger partial charge in [-0.15, -0.1) is 0 Å². The number of carbonyl (C=O) groups excluding carboxylic acids is 2. The molecule has 124 valence electrons. The first kappa shape index (κ1) is 17.4. The smallest absolute Gasteiger partial charge is 0.255 e. The molecular weight excluding hydrogens is 326 g/mol. The Balaban J connectivity index is 2.08. The lowest BCUT2D eigenvalue weighted by atomic mass is 10.0. The predicted octanol–water partition coefficient (Wildman–Crippen LogP) is 2.87. The van der Waals surface area contributed by atoms with E-state index >= 15 is 0 Å². The van der Waals surface area contributed by atoms with Crippen LogP contribution in [0.5, 0.6) is 0 Å². The van der Waals surface area contributed by atoms with E-state index in [0.717, 1.165) is 12.1 Å². The lowest BCUT2D eigenvalue weighted by Gasteiger charge is -2.36. The summed E-state index contributed by atoms with van der Waals surface area (Å²) in [6.45, 7) is 4.47. The van der Waals surface area contributed by atoms with Gasteiger partial charge in [0, 0.05) is 26.2 Å². The third kappa shape index (κ3) is 3.69. The average molecular weight is 343 g/mol. The highest BCUT2D eigenvalue weighted by atomic mass is 35.5. The van der Waals surface area contributed by atoms with E-state index in [2.05, 4.69) is 6.58 Å². The maximum Gasteiger partial charge on any atom is 0.255 e. The molecule has 2 rings (SSSR count). The average Bonchev–Trinajstić information content (AvgIpc) is 2.56. The molecular formula is C16H17ClF2N2O2. The third-order valence-electron chi connectivity index (χ3n) is 4.06. The zero-order valence-corrected chi connectivity index (χ0v) is 13.4. The molecule has 1 saturated heterocycles. The number of hydrogen-bond acceptors (Lipinski definition) is 2. The van der Waals surface area contributed by atoms with Gasteiger partial charge in [-0.05, 0) is 31.1 Å². The molecule has 1 aromatic carbocycles. The van der Waals surface area contributed by atoms with Crippen LogP contribution in [0.3, 0.4) is 0 Å². The van der Waals surface area contributed by atoms with E-state index in [1.165, 1.54) is 11.0 Å². The molecule has 0 saturated carbocycles. The third-order valence-corrected chi connectivity index (χ3v) is 4.37. The minimum atomic E-state index is -1.11. The number of nitrogens with zero attached hydrogens (tertiary/aromatic N) is 2. The molecule has 0 unspecified atom stereocenters. The van der Waals surface area contributed by atoms with Crippen molar-refractivity contribution in [2.75, 3.05) is 20.1 Å². The summed E-state index contributed by atoms with van der Waals surface area (Å²) in [5.41, 5.74) is -0.0716. The number of piperidine rings is 1. The van der Waals surface area contributed by atoms with Crippen molar-refractivity contribution in [2.24, 2.45) is 0 Å². The van der Waals surface area contributed by atoms with Crippen LogP contribution in [0.1, 0.15) is 23.2 Å². The second kappa shape index (κ2) is 7.08. The van der Waals surface area contributed by atoms with Gasteiger partial charge in [-0.1, -0.05) is 18.2 Å². The number of amides is 2. The monoisotopic (exact) mass is 342 g/mol. The summed E-state index contributed by atoms with van der Waals surface area (Å²) < 4.78 is 26.4. The molecule has 1 aromatic rings. The van der Waals surface area contributed by atoms with Crippen LogP contribution in [0, 0.1) is 11.6 Å². The van der Waals surface area contributed by atoms with Crippen molar-refractivity contribution in [1.29, 1.82) is 0 Å². The second-order valence-corrected chi connectivity index (χ2v) is 5.83. The topological polar surface area (TPSA) is 40.6 Å². The molecule has 2 amide bonds. The summed E-state index contributed by atoms with van der Waals surface area (Å²) >= 11 is 5.84. The van der Waals surface area contributed by atoms with E-state index in [1.807, 2.05) is 0 Å². The van der Waals surface area contributed by atoms with Crippen molar-refractivity contribution in [3.8, 4) is 0 Å². The molecule has 0 radical (unpaired) electrons. The van der Waals surface area contributed by atoms with Gasteiger partial charge in [0.2, 0.25) is 5.91 Å². The Labute approximate surface area is 138 Å². The summed E-state index contributed by atoms with van der Waals surface area (Å²) in [5.74, 6) is -2.81. The van der Waals surface area contributed by atoms with Crippen LogP contribution in [0.25, 0.3) is 0 Å². The Hall–Kier alpha value is -1.95. The Kier molecular flexibility index (Phi) is 5.36. The van der Waals surface area contributed by atoms with Gasteiger partial charge in [0.1, 0.15) is 0 Å². The Bertz CT molecular complexity index is 643. The standard InChI is InChI=1S/C16H17ClF2N2O2/c1-3-15(22)21-6-4-10(5-7-21)20(2)16(23)11-8-13(18)14(19)9-12(11)17/h3,8-10H,1,4-7H2,2H3. The summed E-state index contributed by atoms with van der Waals surface area (Å²) in [7, 11) is 1.59. The molecule has 7 heteroatoms. The quantitative estimate of drug-likeness (QED) is 0.626. The Morgan fingerprint density at radius 1 is 1.30 bits per heavy atom. The van der Waals surface area contributed by atoms with Crippen LogP contribution in [0.4, 0.5) is 8.78 Å². The van der Waals surface area contributed by atoms with Gasteiger partial charge in [-0.25, -0.2) is 8.78 Å². The van der Waals surface area contributed by atoms with Crippen molar-refractivity contribution in [3.63, 3.8) is 0 Å². The van der Waals surface area contributed by atoms with E-state index in [9.17, 15) is 18.4 Å². The van der Waals surface area contributed by atoms with E-state index in [0.29, 0.717) is 25.9 Å². The lowest BCUT2D eigenvalue weighted by Crippen LogP contribution is -2.47. The maximum atomic E-state index is 13.3. The van der Waals surface area contributed by atoms with E-state index in [4.69, 9.17) is 11.6 Å². The minimum Gasteiger partial charge on any atom is -0.339 e. The number of likely N-dealkylation sites (tertiary alicyclic amines) is 1. The molecule has 0 aromatic heterocycles. The summed E-state index contributed by atoms with van der Waals surface area (Å²) in [6.07, 6.45) is 2.46. The van der Waals surface area contributed by atoms with Crippen LogP contribution < -0.4 is 0 Å². The zero-order chi connectivity index (χ0) is 17.1. The Morgan fingerprint density at radius 2 is 1.87 bits per heavy atom. The number of hydrogen-bond donors (Lipinski definition) is 0. The van der Waals surface area contributed by atoms with Gasteiger partial charge in [0.15, 0.2) is 11.6 Å². The molecule has 0 bridgehead atoms. The van der Waals surface area contributed by atoms with E-state index in [1.54, 1.807) is 11.9 Å². The summed E-state index contributed by atoms with van der Waals surface area (Å²) in [5, 5.41) is -0.125. The van der Waals surface area contributed by atoms with E-state index < -0.39 is 17.5 Å². The first-order chi connectivity index (χ1) is 10.8. The zero-order valence-electron chi connectivity index (χ0n) is 12.7. The number of benzene rings is 1.